The highest BCUT2D eigenvalue weighted by atomic mass is 16.5. The fraction of sp³-hybridized carbons (Fsp3) is 0.700. The Morgan fingerprint density at radius 1 is 1.10 bits per heavy atom. The average Bonchev–Trinajstić information content (AvgIpc) is 3.54. The van der Waals surface area contributed by atoms with Gasteiger partial charge in [0, 0.05) is 36.6 Å². The SMILES string of the molecule is COC(=O)C(Cc1cnc[nH]1)NC(=O)CCC(=O)O[C@H]1CC[C@H]2[C@@H]3CCC4=CC(=O)CC[C@]4(C)[C@H]3CC[C@]12C. The van der Waals surface area contributed by atoms with E-state index in [0.29, 0.717) is 29.9 Å². The van der Waals surface area contributed by atoms with Gasteiger partial charge in [-0.2, -0.15) is 0 Å². The van der Waals surface area contributed by atoms with Crippen molar-refractivity contribution >= 4 is 23.6 Å². The third kappa shape index (κ3) is 5.29. The number of aromatic amines is 1. The van der Waals surface area contributed by atoms with Crippen LogP contribution in [-0.4, -0.2) is 52.9 Å². The molecule has 7 atom stereocenters. The molecular weight excluding hydrogens is 498 g/mol. The molecule has 9 nitrogen and oxygen atoms in total. The van der Waals surface area contributed by atoms with E-state index in [4.69, 9.17) is 9.47 Å². The summed E-state index contributed by atoms with van der Waals surface area (Å²) in [6.45, 7) is 4.67. The number of hydrogen-bond acceptors (Lipinski definition) is 7. The first-order chi connectivity index (χ1) is 18.6. The van der Waals surface area contributed by atoms with Gasteiger partial charge < -0.3 is 19.8 Å². The molecule has 212 valence electrons. The summed E-state index contributed by atoms with van der Waals surface area (Å²) in [5, 5.41) is 2.67. The lowest BCUT2D eigenvalue weighted by atomic mass is 9.47. The molecule has 4 aliphatic rings. The van der Waals surface area contributed by atoms with Gasteiger partial charge in [0.05, 0.1) is 19.9 Å². The first-order valence-electron chi connectivity index (χ1n) is 14.4. The van der Waals surface area contributed by atoms with Gasteiger partial charge in [0.1, 0.15) is 12.1 Å². The van der Waals surface area contributed by atoms with E-state index in [0.717, 1.165) is 44.9 Å². The molecule has 2 N–H and O–H groups in total. The van der Waals surface area contributed by atoms with Gasteiger partial charge in [0.25, 0.3) is 0 Å². The summed E-state index contributed by atoms with van der Waals surface area (Å²) in [5.41, 5.74) is 2.13. The second-order valence-corrected chi connectivity index (χ2v) is 12.5. The molecule has 1 amide bonds. The molecule has 5 rings (SSSR count). The maximum Gasteiger partial charge on any atom is 0.328 e. The molecular formula is C30H41N3O6. The highest BCUT2D eigenvalue weighted by Gasteiger charge is 2.60. The van der Waals surface area contributed by atoms with E-state index in [9.17, 15) is 19.2 Å². The van der Waals surface area contributed by atoms with Crippen LogP contribution >= 0.6 is 0 Å². The summed E-state index contributed by atoms with van der Waals surface area (Å²) in [5.74, 6) is 0.653. The van der Waals surface area contributed by atoms with E-state index < -0.39 is 17.9 Å². The van der Waals surface area contributed by atoms with Crippen molar-refractivity contribution in [2.75, 3.05) is 7.11 Å². The van der Waals surface area contributed by atoms with Crippen molar-refractivity contribution in [3.8, 4) is 0 Å². The minimum absolute atomic E-state index is 0.0344. The zero-order chi connectivity index (χ0) is 27.8. The number of nitrogens with one attached hydrogen (secondary N) is 2. The second-order valence-electron chi connectivity index (χ2n) is 12.5. The van der Waals surface area contributed by atoms with Crippen LogP contribution in [0.15, 0.2) is 24.2 Å². The van der Waals surface area contributed by atoms with Crippen LogP contribution in [-0.2, 0) is 35.1 Å². The number of amides is 1. The quantitative estimate of drug-likeness (QED) is 0.481. The number of nitrogens with zero attached hydrogens (tertiary/aromatic N) is 1. The monoisotopic (exact) mass is 539 g/mol. The molecule has 4 aliphatic carbocycles. The number of methoxy groups -OCH3 is 1. The fourth-order valence-corrected chi connectivity index (χ4v) is 8.36. The van der Waals surface area contributed by atoms with Gasteiger partial charge in [-0.1, -0.05) is 19.4 Å². The number of fused-ring (bicyclic) bond motifs is 5. The lowest BCUT2D eigenvalue weighted by Gasteiger charge is -2.57. The Morgan fingerprint density at radius 3 is 2.67 bits per heavy atom. The number of rotatable bonds is 8. The summed E-state index contributed by atoms with van der Waals surface area (Å²) >= 11 is 0. The van der Waals surface area contributed by atoms with Crippen LogP contribution in [0.5, 0.6) is 0 Å². The molecule has 1 aromatic heterocycles. The summed E-state index contributed by atoms with van der Waals surface area (Å²) in [7, 11) is 1.27. The molecule has 0 spiro atoms. The number of esters is 2. The molecule has 0 aromatic carbocycles. The molecule has 39 heavy (non-hydrogen) atoms. The maximum atomic E-state index is 12.9. The predicted molar refractivity (Wildman–Crippen MR) is 142 cm³/mol. The van der Waals surface area contributed by atoms with Crippen molar-refractivity contribution in [3.05, 3.63) is 29.9 Å². The molecule has 0 aliphatic heterocycles. The largest absolute Gasteiger partial charge is 0.467 e. The third-order valence-electron chi connectivity index (χ3n) is 10.5. The van der Waals surface area contributed by atoms with E-state index in [-0.39, 0.29) is 47.9 Å². The molecule has 0 saturated heterocycles. The number of allylic oxidation sites excluding steroid dienone is 1. The Hall–Kier alpha value is -2.97. The molecule has 3 saturated carbocycles. The third-order valence-corrected chi connectivity index (χ3v) is 10.5. The Labute approximate surface area is 229 Å². The Balaban J connectivity index is 1.15. The van der Waals surface area contributed by atoms with Crippen molar-refractivity contribution in [1.82, 2.24) is 15.3 Å². The Kier molecular flexibility index (Phi) is 7.71. The van der Waals surface area contributed by atoms with E-state index >= 15 is 0 Å². The number of carbonyl (C=O) groups excluding carboxylic acids is 4. The minimum Gasteiger partial charge on any atom is -0.467 e. The van der Waals surface area contributed by atoms with Gasteiger partial charge in [-0.25, -0.2) is 9.78 Å². The number of imidazole rings is 1. The van der Waals surface area contributed by atoms with Crippen molar-refractivity contribution in [3.63, 3.8) is 0 Å². The molecule has 1 unspecified atom stereocenters. The first kappa shape index (κ1) is 27.6. The first-order valence-corrected chi connectivity index (χ1v) is 14.4. The van der Waals surface area contributed by atoms with Gasteiger partial charge in [-0.15, -0.1) is 0 Å². The van der Waals surface area contributed by atoms with E-state index in [1.54, 1.807) is 6.20 Å². The van der Waals surface area contributed by atoms with Gasteiger partial charge >= 0.3 is 11.9 Å². The van der Waals surface area contributed by atoms with Crippen molar-refractivity contribution < 1.29 is 28.7 Å². The fourth-order valence-electron chi connectivity index (χ4n) is 8.36. The number of H-pyrrole nitrogens is 1. The van der Waals surface area contributed by atoms with Gasteiger partial charge in [0.2, 0.25) is 5.91 Å². The Bertz CT molecular complexity index is 1150. The van der Waals surface area contributed by atoms with Crippen molar-refractivity contribution in [2.24, 2.45) is 28.6 Å². The predicted octanol–water partition coefficient (Wildman–Crippen LogP) is 3.83. The van der Waals surface area contributed by atoms with Gasteiger partial charge in [-0.05, 0) is 74.2 Å². The number of carbonyl (C=O) groups is 4. The van der Waals surface area contributed by atoms with Crippen LogP contribution in [0.3, 0.4) is 0 Å². The van der Waals surface area contributed by atoms with E-state index in [1.807, 2.05) is 6.08 Å². The second kappa shape index (κ2) is 10.9. The van der Waals surface area contributed by atoms with E-state index in [1.165, 1.54) is 19.0 Å². The lowest BCUT2D eigenvalue weighted by Crippen LogP contribution is -2.51. The molecule has 0 radical (unpaired) electrons. The molecule has 0 bridgehead atoms. The normalized spacial score (nSPS) is 34.1. The minimum atomic E-state index is -0.862. The number of ether oxygens (including phenoxy) is 2. The zero-order valence-corrected chi connectivity index (χ0v) is 23.3. The van der Waals surface area contributed by atoms with E-state index in [2.05, 4.69) is 29.1 Å². The van der Waals surface area contributed by atoms with Crippen molar-refractivity contribution in [2.45, 2.75) is 96.6 Å². The molecule has 9 heteroatoms. The van der Waals surface area contributed by atoms with Crippen LogP contribution < -0.4 is 5.32 Å². The summed E-state index contributed by atoms with van der Waals surface area (Å²) in [6, 6.07) is -0.862. The zero-order valence-electron chi connectivity index (χ0n) is 23.3. The highest BCUT2D eigenvalue weighted by Crippen LogP contribution is 2.65. The smallest absolute Gasteiger partial charge is 0.328 e. The maximum absolute atomic E-state index is 12.9. The number of ketones is 1. The summed E-state index contributed by atoms with van der Waals surface area (Å²) in [6.07, 6.45) is 12.8. The van der Waals surface area contributed by atoms with Crippen LogP contribution in [0.1, 0.15) is 83.7 Å². The van der Waals surface area contributed by atoms with Crippen LogP contribution in [0.2, 0.25) is 0 Å². The lowest BCUT2D eigenvalue weighted by molar-refractivity contribution is -0.160. The molecule has 3 fully saturated rings. The highest BCUT2D eigenvalue weighted by molar-refractivity contribution is 5.91. The molecule has 1 aromatic rings. The van der Waals surface area contributed by atoms with Crippen LogP contribution in [0.25, 0.3) is 0 Å². The van der Waals surface area contributed by atoms with Crippen LogP contribution in [0.4, 0.5) is 0 Å². The summed E-state index contributed by atoms with van der Waals surface area (Å²) in [4.78, 5) is 56.5. The molecule has 1 heterocycles. The summed E-state index contributed by atoms with van der Waals surface area (Å²) < 4.78 is 10.9. The average molecular weight is 540 g/mol. The van der Waals surface area contributed by atoms with Gasteiger partial charge in [0.15, 0.2) is 5.78 Å². The number of aromatic nitrogens is 2. The topological polar surface area (TPSA) is 127 Å². The standard InChI is InChI=1S/C30H41N3O6/c1-29-12-10-20(34)14-18(29)4-5-21-22-6-7-25(30(22,2)13-11-23(21)29)39-27(36)9-8-26(35)33-24(28(37)38-3)15-19-16-31-17-32-19/h14,16-17,21-25H,4-13,15H2,1-3H3,(H,31,32)(H,33,35)/t21-,22-,23-,24?,25-,29-,30-/m0/s1. The Morgan fingerprint density at radius 2 is 1.92 bits per heavy atom. The number of hydrogen-bond donors (Lipinski definition) is 2. The van der Waals surface area contributed by atoms with Crippen LogP contribution in [0, 0.1) is 28.6 Å². The van der Waals surface area contributed by atoms with Gasteiger partial charge in [-0.3, -0.25) is 14.4 Å². The van der Waals surface area contributed by atoms with Crippen molar-refractivity contribution in [1.29, 1.82) is 0 Å².